The smallest absolute Gasteiger partial charge is 0.266 e. The van der Waals surface area contributed by atoms with Gasteiger partial charge >= 0.3 is 0 Å². The number of aryl methyl sites for hydroxylation is 1. The summed E-state index contributed by atoms with van der Waals surface area (Å²) in [5.74, 6) is 1.39. The average Bonchev–Trinajstić information content (AvgIpc) is 3.49. The third-order valence-corrected chi connectivity index (χ3v) is 8.63. The van der Waals surface area contributed by atoms with Gasteiger partial charge in [-0.05, 0) is 43.5 Å². The zero-order valence-corrected chi connectivity index (χ0v) is 22.1. The summed E-state index contributed by atoms with van der Waals surface area (Å²) in [4.78, 5) is 19.9. The molecule has 1 atom stereocenters. The third-order valence-electron chi connectivity index (χ3n) is 6.62. The number of ether oxygens (including phenoxy) is 2. The van der Waals surface area contributed by atoms with Crippen molar-refractivity contribution >= 4 is 33.6 Å². The molecular formula is C26H33N3O3S2. The summed E-state index contributed by atoms with van der Waals surface area (Å²) >= 11 is 3.10. The first kappa shape index (κ1) is 24.7. The van der Waals surface area contributed by atoms with E-state index in [9.17, 15) is 4.79 Å². The number of para-hydroxylation sites is 1. The summed E-state index contributed by atoms with van der Waals surface area (Å²) < 4.78 is 11.5. The van der Waals surface area contributed by atoms with Crippen LogP contribution in [0.1, 0.15) is 44.2 Å². The number of likely N-dealkylation sites (N-methyl/N-ethyl adjacent to an activating group) is 1. The van der Waals surface area contributed by atoms with Crippen LogP contribution in [0, 0.1) is 13.8 Å². The lowest BCUT2D eigenvalue weighted by molar-refractivity contribution is 0.102. The van der Waals surface area contributed by atoms with Crippen molar-refractivity contribution in [2.24, 2.45) is 0 Å². The van der Waals surface area contributed by atoms with E-state index in [1.165, 1.54) is 21.8 Å². The minimum Gasteiger partial charge on any atom is -0.493 e. The Labute approximate surface area is 210 Å². The van der Waals surface area contributed by atoms with E-state index in [2.05, 4.69) is 42.0 Å². The lowest BCUT2D eigenvalue weighted by Crippen LogP contribution is -2.47. The molecule has 1 N–H and O–H groups in total. The van der Waals surface area contributed by atoms with Gasteiger partial charge in [0.2, 0.25) is 0 Å². The molecule has 1 aromatic carbocycles. The first-order chi connectivity index (χ1) is 16.5. The Kier molecular flexibility index (Phi) is 7.93. The number of nitrogens with one attached hydrogen (secondary N) is 1. The summed E-state index contributed by atoms with van der Waals surface area (Å²) in [5.41, 5.74) is 3.41. The van der Waals surface area contributed by atoms with E-state index in [1.54, 1.807) is 25.6 Å². The van der Waals surface area contributed by atoms with Crippen LogP contribution in [-0.4, -0.2) is 62.7 Å². The van der Waals surface area contributed by atoms with Gasteiger partial charge in [0.05, 0.1) is 25.1 Å². The molecular weight excluding hydrogens is 466 g/mol. The van der Waals surface area contributed by atoms with Crippen LogP contribution in [-0.2, 0) is 0 Å². The molecule has 34 heavy (non-hydrogen) atoms. The number of benzene rings is 1. The van der Waals surface area contributed by atoms with Crippen LogP contribution >= 0.6 is 22.7 Å². The Bertz CT molecular complexity index is 1120. The van der Waals surface area contributed by atoms with Crippen LogP contribution in [0.5, 0.6) is 11.5 Å². The summed E-state index contributed by atoms with van der Waals surface area (Å²) in [7, 11) is 3.36. The van der Waals surface area contributed by atoms with Gasteiger partial charge in [0, 0.05) is 42.2 Å². The van der Waals surface area contributed by atoms with Crippen molar-refractivity contribution < 1.29 is 14.3 Å². The minimum atomic E-state index is -0.0651. The number of thiophene rings is 2. The Hall–Kier alpha value is -2.39. The zero-order chi connectivity index (χ0) is 24.2. The molecule has 0 unspecified atom stereocenters. The van der Waals surface area contributed by atoms with Gasteiger partial charge in [0.1, 0.15) is 5.00 Å². The molecule has 1 aliphatic heterocycles. The maximum absolute atomic E-state index is 13.0. The highest BCUT2D eigenvalue weighted by atomic mass is 32.1. The fourth-order valence-electron chi connectivity index (χ4n) is 4.64. The Morgan fingerprint density at radius 2 is 1.85 bits per heavy atom. The summed E-state index contributed by atoms with van der Waals surface area (Å²) in [5, 5.41) is 6.06. The predicted octanol–water partition coefficient (Wildman–Crippen LogP) is 5.42. The fraction of sp³-hybridized carbons (Fsp3) is 0.423. The quantitative estimate of drug-likeness (QED) is 0.448. The third kappa shape index (κ3) is 4.86. The highest BCUT2D eigenvalue weighted by Gasteiger charge is 2.34. The van der Waals surface area contributed by atoms with Gasteiger partial charge < -0.3 is 19.7 Å². The van der Waals surface area contributed by atoms with Crippen LogP contribution in [0.25, 0.3) is 0 Å². The number of piperazine rings is 1. The zero-order valence-electron chi connectivity index (χ0n) is 20.5. The van der Waals surface area contributed by atoms with Crippen molar-refractivity contribution in [1.82, 2.24) is 9.80 Å². The molecule has 2 aromatic heterocycles. The average molecular weight is 500 g/mol. The van der Waals surface area contributed by atoms with Gasteiger partial charge in [-0.1, -0.05) is 25.1 Å². The molecule has 0 radical (unpaired) electrons. The Morgan fingerprint density at radius 3 is 2.47 bits per heavy atom. The number of methoxy groups -OCH3 is 2. The molecule has 6 nitrogen and oxygen atoms in total. The summed E-state index contributed by atoms with van der Waals surface area (Å²) in [6.45, 7) is 11.4. The van der Waals surface area contributed by atoms with Gasteiger partial charge in [0.25, 0.3) is 5.91 Å². The number of carbonyl (C=O) groups is 1. The van der Waals surface area contributed by atoms with Crippen LogP contribution in [0.4, 0.5) is 5.00 Å². The maximum Gasteiger partial charge on any atom is 0.266 e. The molecule has 1 saturated heterocycles. The second-order valence-corrected chi connectivity index (χ2v) is 10.6. The highest BCUT2D eigenvalue weighted by Crippen LogP contribution is 2.47. The predicted molar refractivity (Wildman–Crippen MR) is 141 cm³/mol. The van der Waals surface area contributed by atoms with Crippen LogP contribution in [0.3, 0.4) is 0 Å². The molecule has 8 heteroatoms. The largest absolute Gasteiger partial charge is 0.493 e. The number of rotatable bonds is 8. The molecule has 1 amide bonds. The van der Waals surface area contributed by atoms with E-state index in [1.807, 2.05) is 29.6 Å². The van der Waals surface area contributed by atoms with E-state index in [0.29, 0.717) is 10.6 Å². The summed E-state index contributed by atoms with van der Waals surface area (Å²) in [6.07, 6.45) is 0. The molecule has 0 spiro atoms. The molecule has 4 rings (SSSR count). The number of hydrogen-bond donors (Lipinski definition) is 1. The molecule has 1 aliphatic rings. The molecule has 0 bridgehead atoms. The van der Waals surface area contributed by atoms with Crippen molar-refractivity contribution in [2.45, 2.75) is 26.8 Å². The number of nitrogens with zero attached hydrogens (tertiary/aromatic N) is 2. The minimum absolute atomic E-state index is 0.0624. The van der Waals surface area contributed by atoms with Crippen LogP contribution in [0.15, 0.2) is 35.7 Å². The van der Waals surface area contributed by atoms with Gasteiger partial charge in [-0.25, -0.2) is 0 Å². The fourth-order valence-corrected chi connectivity index (χ4v) is 6.35. The summed E-state index contributed by atoms with van der Waals surface area (Å²) in [6, 6.07) is 9.77. The maximum atomic E-state index is 13.0. The standard InChI is InChI=1S/C26H33N3O3S2/c1-6-28-12-14-29(15-13-28)23(19-9-7-10-20(31-4)24(19)32-5)22-17(2)18(3)34-26(22)27-25(30)21-11-8-16-33-21/h7-11,16,23H,6,12-15H2,1-5H3,(H,27,30)/t23-/m1/s1. The van der Waals surface area contributed by atoms with Crippen LogP contribution in [0.2, 0.25) is 0 Å². The van der Waals surface area contributed by atoms with Gasteiger partial charge in [-0.3, -0.25) is 9.69 Å². The first-order valence-electron chi connectivity index (χ1n) is 11.6. The molecule has 3 aromatic rings. The normalized spacial score (nSPS) is 15.8. The van der Waals surface area contributed by atoms with Gasteiger partial charge in [-0.2, -0.15) is 0 Å². The molecule has 182 valence electrons. The van der Waals surface area contributed by atoms with E-state index in [0.717, 1.165) is 54.6 Å². The molecule has 1 fully saturated rings. The number of anilines is 1. The van der Waals surface area contributed by atoms with Gasteiger partial charge in [0.15, 0.2) is 11.5 Å². The monoisotopic (exact) mass is 499 g/mol. The van der Waals surface area contributed by atoms with Crippen molar-refractivity contribution in [1.29, 1.82) is 0 Å². The lowest BCUT2D eigenvalue weighted by Gasteiger charge is -2.40. The van der Waals surface area contributed by atoms with Crippen molar-refractivity contribution in [3.05, 3.63) is 62.2 Å². The number of hydrogen-bond acceptors (Lipinski definition) is 7. The number of amides is 1. The molecule has 3 heterocycles. The topological polar surface area (TPSA) is 54.0 Å². The Balaban J connectivity index is 1.83. The van der Waals surface area contributed by atoms with E-state index < -0.39 is 0 Å². The SMILES string of the molecule is CCN1CCN([C@H](c2cccc(OC)c2OC)c2c(NC(=O)c3cccs3)sc(C)c2C)CC1. The van der Waals surface area contributed by atoms with Crippen LogP contribution < -0.4 is 14.8 Å². The number of carbonyl (C=O) groups excluding carboxylic acids is 1. The van der Waals surface area contributed by atoms with E-state index >= 15 is 0 Å². The molecule has 0 aliphatic carbocycles. The lowest BCUT2D eigenvalue weighted by atomic mass is 9.93. The molecule has 0 saturated carbocycles. The van der Waals surface area contributed by atoms with Crippen molar-refractivity contribution in [2.75, 3.05) is 52.3 Å². The van der Waals surface area contributed by atoms with E-state index in [4.69, 9.17) is 9.47 Å². The second-order valence-electron chi connectivity index (χ2n) is 8.41. The Morgan fingerprint density at radius 1 is 1.09 bits per heavy atom. The van der Waals surface area contributed by atoms with Crippen molar-refractivity contribution in [3.8, 4) is 11.5 Å². The van der Waals surface area contributed by atoms with Crippen molar-refractivity contribution in [3.63, 3.8) is 0 Å². The second kappa shape index (κ2) is 10.9. The highest BCUT2D eigenvalue weighted by molar-refractivity contribution is 7.17. The van der Waals surface area contributed by atoms with E-state index in [-0.39, 0.29) is 11.9 Å². The first-order valence-corrected chi connectivity index (χ1v) is 13.3. The van der Waals surface area contributed by atoms with Gasteiger partial charge in [-0.15, -0.1) is 22.7 Å².